The Balaban J connectivity index is 1.77. The number of nitro benzene ring substituents is 1. The summed E-state index contributed by atoms with van der Waals surface area (Å²) in [5, 5.41) is 15.3. The van der Waals surface area contributed by atoms with Gasteiger partial charge in [0, 0.05) is 11.6 Å². The maximum absolute atomic E-state index is 11.6. The molecule has 0 atom stereocenters. The van der Waals surface area contributed by atoms with E-state index in [0.717, 1.165) is 0 Å². The summed E-state index contributed by atoms with van der Waals surface area (Å²) in [7, 11) is 0. The van der Waals surface area contributed by atoms with E-state index >= 15 is 0 Å². The lowest BCUT2D eigenvalue weighted by molar-refractivity contribution is -0.385. The monoisotopic (exact) mass is 333 g/mol. The first kappa shape index (κ1) is 17.0. The summed E-state index contributed by atoms with van der Waals surface area (Å²) in [5.74, 6) is 0.197. The standard InChI is InChI=1S/C15H15N3O6/c1-10-7-11(4-5-13(10)18(21)22)24-9-14(19)17-15(20)16-8-12-3-2-6-23-12/h2-7H,8-9H2,1H3,(H2,16,17,19,20). The van der Waals surface area contributed by atoms with Crippen molar-refractivity contribution in [3.8, 4) is 5.75 Å². The van der Waals surface area contributed by atoms with Crippen LogP contribution in [-0.2, 0) is 11.3 Å². The maximum Gasteiger partial charge on any atom is 0.321 e. The lowest BCUT2D eigenvalue weighted by Crippen LogP contribution is -2.41. The SMILES string of the molecule is Cc1cc(OCC(=O)NC(=O)NCc2ccco2)ccc1[N+](=O)[O-]. The Labute approximate surface area is 136 Å². The van der Waals surface area contributed by atoms with Gasteiger partial charge in [-0.1, -0.05) is 0 Å². The third-order valence-electron chi connectivity index (χ3n) is 2.99. The topological polar surface area (TPSA) is 124 Å². The summed E-state index contributed by atoms with van der Waals surface area (Å²) in [4.78, 5) is 33.4. The van der Waals surface area contributed by atoms with Crippen LogP contribution in [0.15, 0.2) is 41.0 Å². The van der Waals surface area contributed by atoms with Gasteiger partial charge in [-0.05, 0) is 31.2 Å². The maximum atomic E-state index is 11.6. The Kier molecular flexibility index (Phi) is 5.50. The van der Waals surface area contributed by atoms with Gasteiger partial charge in [-0.25, -0.2) is 4.79 Å². The number of amides is 3. The molecule has 1 heterocycles. The van der Waals surface area contributed by atoms with Crippen molar-refractivity contribution in [1.82, 2.24) is 10.6 Å². The number of carbonyl (C=O) groups is 2. The van der Waals surface area contributed by atoms with Crippen molar-refractivity contribution in [2.24, 2.45) is 0 Å². The highest BCUT2D eigenvalue weighted by atomic mass is 16.6. The molecule has 2 rings (SSSR count). The fourth-order valence-electron chi connectivity index (χ4n) is 1.86. The summed E-state index contributed by atoms with van der Waals surface area (Å²) < 4.78 is 10.2. The zero-order valence-electron chi connectivity index (χ0n) is 12.8. The van der Waals surface area contributed by atoms with E-state index in [2.05, 4.69) is 10.6 Å². The van der Waals surface area contributed by atoms with Crippen LogP contribution in [0.25, 0.3) is 0 Å². The highest BCUT2D eigenvalue weighted by Crippen LogP contribution is 2.22. The minimum Gasteiger partial charge on any atom is -0.484 e. The normalized spacial score (nSPS) is 10.0. The molecule has 0 bridgehead atoms. The molecule has 0 saturated carbocycles. The van der Waals surface area contributed by atoms with Gasteiger partial charge in [-0.3, -0.25) is 20.2 Å². The van der Waals surface area contributed by atoms with Crippen LogP contribution in [0.3, 0.4) is 0 Å². The molecule has 1 aromatic carbocycles. The van der Waals surface area contributed by atoms with Gasteiger partial charge in [0.25, 0.3) is 11.6 Å². The summed E-state index contributed by atoms with van der Waals surface area (Å²) >= 11 is 0. The molecule has 2 aromatic rings. The van der Waals surface area contributed by atoms with Gasteiger partial charge in [0.05, 0.1) is 17.7 Å². The molecule has 0 aliphatic carbocycles. The van der Waals surface area contributed by atoms with E-state index in [9.17, 15) is 19.7 Å². The number of nitrogens with zero attached hydrogens (tertiary/aromatic N) is 1. The smallest absolute Gasteiger partial charge is 0.321 e. The second-order valence-electron chi connectivity index (χ2n) is 4.80. The molecule has 0 radical (unpaired) electrons. The second-order valence-corrected chi connectivity index (χ2v) is 4.80. The summed E-state index contributed by atoms with van der Waals surface area (Å²) in [6.45, 7) is 1.31. The Morgan fingerprint density at radius 2 is 2.12 bits per heavy atom. The molecular formula is C15H15N3O6. The largest absolute Gasteiger partial charge is 0.484 e. The zero-order valence-corrected chi connectivity index (χ0v) is 12.8. The van der Waals surface area contributed by atoms with E-state index in [4.69, 9.17) is 9.15 Å². The van der Waals surface area contributed by atoms with Crippen LogP contribution in [0, 0.1) is 17.0 Å². The average Bonchev–Trinajstić information content (AvgIpc) is 3.04. The number of aryl methyl sites for hydroxylation is 1. The first-order valence-electron chi connectivity index (χ1n) is 6.93. The van der Waals surface area contributed by atoms with Crippen LogP contribution in [0.1, 0.15) is 11.3 Å². The summed E-state index contributed by atoms with van der Waals surface area (Å²) in [6.07, 6.45) is 1.47. The highest BCUT2D eigenvalue weighted by molar-refractivity contribution is 5.94. The van der Waals surface area contributed by atoms with Crippen LogP contribution in [-0.4, -0.2) is 23.5 Å². The first-order chi connectivity index (χ1) is 11.5. The second kappa shape index (κ2) is 7.77. The number of benzene rings is 1. The van der Waals surface area contributed by atoms with Crippen LogP contribution in [0.4, 0.5) is 10.5 Å². The van der Waals surface area contributed by atoms with E-state index in [-0.39, 0.29) is 12.2 Å². The van der Waals surface area contributed by atoms with E-state index < -0.39 is 23.5 Å². The number of ether oxygens (including phenoxy) is 1. The molecular weight excluding hydrogens is 318 g/mol. The zero-order chi connectivity index (χ0) is 17.5. The third-order valence-corrected chi connectivity index (χ3v) is 2.99. The molecule has 1 aromatic heterocycles. The molecule has 9 heteroatoms. The Bertz CT molecular complexity index is 742. The van der Waals surface area contributed by atoms with Crippen molar-refractivity contribution in [3.63, 3.8) is 0 Å². The molecule has 0 aliphatic rings. The number of hydrogen-bond donors (Lipinski definition) is 2. The predicted molar refractivity (Wildman–Crippen MR) is 82.4 cm³/mol. The van der Waals surface area contributed by atoms with Gasteiger partial charge in [0.1, 0.15) is 11.5 Å². The molecule has 0 fully saturated rings. The minimum atomic E-state index is -0.681. The molecule has 0 aliphatic heterocycles. The molecule has 0 saturated heterocycles. The third kappa shape index (κ3) is 4.83. The predicted octanol–water partition coefficient (Wildman–Crippen LogP) is 1.90. The average molecular weight is 333 g/mol. The van der Waals surface area contributed by atoms with Gasteiger partial charge in [0.2, 0.25) is 0 Å². The number of rotatable bonds is 6. The van der Waals surface area contributed by atoms with E-state index in [1.165, 1.54) is 24.5 Å². The Morgan fingerprint density at radius 3 is 2.75 bits per heavy atom. The number of nitrogens with one attached hydrogen (secondary N) is 2. The van der Waals surface area contributed by atoms with Crippen molar-refractivity contribution < 1.29 is 23.7 Å². The fourth-order valence-corrected chi connectivity index (χ4v) is 1.86. The van der Waals surface area contributed by atoms with E-state index in [0.29, 0.717) is 17.1 Å². The van der Waals surface area contributed by atoms with E-state index in [1.54, 1.807) is 19.1 Å². The lowest BCUT2D eigenvalue weighted by atomic mass is 10.2. The first-order valence-corrected chi connectivity index (χ1v) is 6.93. The van der Waals surface area contributed by atoms with Gasteiger partial charge < -0.3 is 14.5 Å². The van der Waals surface area contributed by atoms with Gasteiger partial charge in [0.15, 0.2) is 6.61 Å². The van der Waals surface area contributed by atoms with Gasteiger partial charge in [-0.2, -0.15) is 0 Å². The van der Waals surface area contributed by atoms with Crippen molar-refractivity contribution in [3.05, 3.63) is 58.0 Å². The number of furan rings is 1. The fraction of sp³-hybridized carbons (Fsp3) is 0.200. The van der Waals surface area contributed by atoms with Crippen molar-refractivity contribution in [2.75, 3.05) is 6.61 Å². The van der Waals surface area contributed by atoms with Gasteiger partial charge >= 0.3 is 6.03 Å². The Hall–Kier alpha value is -3.36. The molecule has 24 heavy (non-hydrogen) atoms. The summed E-state index contributed by atoms with van der Waals surface area (Å²) in [5.41, 5.74) is 0.373. The van der Waals surface area contributed by atoms with Crippen LogP contribution in [0.2, 0.25) is 0 Å². The molecule has 3 amide bonds. The number of urea groups is 1. The summed E-state index contributed by atoms with van der Waals surface area (Å²) in [6, 6.07) is 6.80. The number of nitro groups is 1. The molecule has 2 N–H and O–H groups in total. The quantitative estimate of drug-likeness (QED) is 0.614. The molecule has 0 spiro atoms. The number of carbonyl (C=O) groups excluding carboxylic acids is 2. The molecule has 9 nitrogen and oxygen atoms in total. The van der Waals surface area contributed by atoms with Gasteiger partial charge in [-0.15, -0.1) is 0 Å². The molecule has 0 unspecified atom stereocenters. The Morgan fingerprint density at radius 1 is 1.33 bits per heavy atom. The van der Waals surface area contributed by atoms with Crippen LogP contribution < -0.4 is 15.4 Å². The van der Waals surface area contributed by atoms with E-state index in [1.807, 2.05) is 0 Å². The highest BCUT2D eigenvalue weighted by Gasteiger charge is 2.12. The van der Waals surface area contributed by atoms with Crippen LogP contribution in [0.5, 0.6) is 5.75 Å². The lowest BCUT2D eigenvalue weighted by Gasteiger charge is -2.08. The van der Waals surface area contributed by atoms with Crippen molar-refractivity contribution >= 4 is 17.6 Å². The number of hydrogen-bond acceptors (Lipinski definition) is 6. The van der Waals surface area contributed by atoms with Crippen molar-refractivity contribution in [2.45, 2.75) is 13.5 Å². The molecule has 126 valence electrons. The minimum absolute atomic E-state index is 0.0379. The van der Waals surface area contributed by atoms with Crippen LogP contribution >= 0.6 is 0 Å². The number of imide groups is 1. The van der Waals surface area contributed by atoms with Crippen molar-refractivity contribution in [1.29, 1.82) is 0 Å².